The van der Waals surface area contributed by atoms with Crippen molar-refractivity contribution in [3.8, 4) is 5.75 Å². The molecule has 3 fully saturated rings. The van der Waals surface area contributed by atoms with Crippen LogP contribution in [0.25, 0.3) is 0 Å². The molecule has 1 heterocycles. The van der Waals surface area contributed by atoms with Crippen molar-refractivity contribution >= 4 is 34.6 Å². The molecule has 0 atom stereocenters. The molecule has 0 radical (unpaired) electrons. The molecule has 1 N–H and O–H groups in total. The Balaban J connectivity index is 1.28. The lowest BCUT2D eigenvalue weighted by atomic mass is 9.38. The monoisotopic (exact) mass is 476 g/mol. The summed E-state index contributed by atoms with van der Waals surface area (Å²) in [5.74, 6) is -1.45. The van der Waals surface area contributed by atoms with Crippen LogP contribution in [-0.2, 0) is 11.0 Å². The van der Waals surface area contributed by atoms with E-state index in [4.69, 9.17) is 16.3 Å². The summed E-state index contributed by atoms with van der Waals surface area (Å²) >= 11 is 6.35. The van der Waals surface area contributed by atoms with Gasteiger partial charge in [-0.2, -0.15) is 13.2 Å². The molecule has 0 unspecified atom stereocenters. The number of hydrogen-bond donors (Lipinski definition) is 1. The summed E-state index contributed by atoms with van der Waals surface area (Å²) in [6, 6.07) is 3.84. The molecule has 31 heavy (non-hydrogen) atoms. The number of nitrogens with zero attached hydrogens (tertiary/aromatic N) is 1. The number of amides is 1. The Morgan fingerprint density at radius 2 is 1.97 bits per heavy atom. The molecule has 3 saturated carbocycles. The molecule has 1 aromatic carbocycles. The van der Waals surface area contributed by atoms with Crippen LogP contribution >= 0.6 is 22.9 Å². The van der Waals surface area contributed by atoms with Crippen LogP contribution in [0, 0.1) is 18.2 Å². The van der Waals surface area contributed by atoms with Gasteiger partial charge in [0.1, 0.15) is 16.4 Å². The zero-order valence-corrected chi connectivity index (χ0v) is 17.8. The van der Waals surface area contributed by atoms with Crippen molar-refractivity contribution in [1.82, 2.24) is 10.3 Å². The number of alkyl halides is 3. The molecule has 2 aromatic rings. The molecule has 5 rings (SSSR count). The lowest BCUT2D eigenvalue weighted by Crippen LogP contribution is -2.75. The van der Waals surface area contributed by atoms with Crippen LogP contribution in [0.4, 0.5) is 17.6 Å². The SMILES string of the molecule is Cc1nc(C(F)(F)F)c(C(=O)CC23CC(NC(=O)COc4ccc(Cl)c(F)c4)(C2)C3)s1. The molecule has 3 aliphatic rings. The number of hydrogen-bond acceptors (Lipinski definition) is 5. The molecule has 3 aliphatic carbocycles. The number of carbonyl (C=O) groups is 2. The van der Waals surface area contributed by atoms with Gasteiger partial charge in [-0.1, -0.05) is 11.6 Å². The number of nitrogens with one attached hydrogen (secondary N) is 1. The second-order valence-electron chi connectivity index (χ2n) is 8.23. The quantitative estimate of drug-likeness (QED) is 0.453. The number of halogens is 5. The summed E-state index contributed by atoms with van der Waals surface area (Å²) in [7, 11) is 0. The van der Waals surface area contributed by atoms with Crippen LogP contribution in [0.5, 0.6) is 5.75 Å². The molecule has 11 heteroatoms. The molecule has 0 aliphatic heterocycles. The molecule has 0 saturated heterocycles. The van der Waals surface area contributed by atoms with Crippen LogP contribution < -0.4 is 10.1 Å². The number of carbonyl (C=O) groups excluding carboxylic acids is 2. The van der Waals surface area contributed by atoms with E-state index in [1.54, 1.807) is 0 Å². The molecular weight excluding hydrogens is 460 g/mol. The van der Waals surface area contributed by atoms with Gasteiger partial charge in [-0.3, -0.25) is 9.59 Å². The van der Waals surface area contributed by atoms with E-state index in [1.165, 1.54) is 19.1 Å². The average Bonchev–Trinajstić information content (AvgIpc) is 3.02. The fourth-order valence-electron chi connectivity index (χ4n) is 4.59. The van der Waals surface area contributed by atoms with E-state index < -0.39 is 34.9 Å². The lowest BCUT2D eigenvalue weighted by Gasteiger charge is -2.70. The molecule has 0 spiro atoms. The van der Waals surface area contributed by atoms with Gasteiger partial charge in [0.05, 0.1) is 10.0 Å². The number of aromatic nitrogens is 1. The van der Waals surface area contributed by atoms with Crippen molar-refractivity contribution in [3.05, 3.63) is 44.6 Å². The van der Waals surface area contributed by atoms with E-state index in [-0.39, 0.29) is 39.1 Å². The second kappa shape index (κ2) is 7.44. The molecule has 1 aromatic heterocycles. The summed E-state index contributed by atoms with van der Waals surface area (Å²) in [5, 5.41) is 2.99. The van der Waals surface area contributed by atoms with Crippen molar-refractivity contribution in [2.24, 2.45) is 5.41 Å². The van der Waals surface area contributed by atoms with Crippen LogP contribution in [0.15, 0.2) is 18.2 Å². The minimum atomic E-state index is -4.67. The van der Waals surface area contributed by atoms with Gasteiger partial charge in [0, 0.05) is 18.0 Å². The highest BCUT2D eigenvalue weighted by molar-refractivity contribution is 7.13. The third-order valence-electron chi connectivity index (χ3n) is 5.60. The van der Waals surface area contributed by atoms with Crippen molar-refractivity contribution in [2.75, 3.05) is 6.61 Å². The Kier molecular flexibility index (Phi) is 5.28. The van der Waals surface area contributed by atoms with Gasteiger partial charge in [-0.05, 0) is 43.7 Å². The van der Waals surface area contributed by atoms with E-state index >= 15 is 0 Å². The number of Topliss-reactive ketones (excluding diaryl/α,β-unsaturated/α-hetero) is 1. The van der Waals surface area contributed by atoms with Crippen molar-refractivity contribution in [1.29, 1.82) is 0 Å². The summed E-state index contributed by atoms with van der Waals surface area (Å²) in [4.78, 5) is 27.8. The molecule has 2 bridgehead atoms. The van der Waals surface area contributed by atoms with Gasteiger partial charge >= 0.3 is 6.18 Å². The molecule has 5 nitrogen and oxygen atoms in total. The highest BCUT2D eigenvalue weighted by atomic mass is 35.5. The van der Waals surface area contributed by atoms with E-state index in [2.05, 4.69) is 10.3 Å². The first-order valence-electron chi connectivity index (χ1n) is 9.37. The van der Waals surface area contributed by atoms with E-state index in [9.17, 15) is 27.2 Å². The third-order valence-corrected chi connectivity index (χ3v) is 6.92. The van der Waals surface area contributed by atoms with E-state index in [0.717, 1.165) is 17.4 Å². The van der Waals surface area contributed by atoms with Crippen LogP contribution in [0.1, 0.15) is 46.1 Å². The number of aryl methyl sites for hydroxylation is 1. The van der Waals surface area contributed by atoms with Crippen LogP contribution in [0.3, 0.4) is 0 Å². The van der Waals surface area contributed by atoms with Gasteiger partial charge in [0.15, 0.2) is 18.1 Å². The van der Waals surface area contributed by atoms with Gasteiger partial charge in [-0.15, -0.1) is 11.3 Å². The van der Waals surface area contributed by atoms with Crippen LogP contribution in [-0.4, -0.2) is 28.8 Å². The zero-order valence-electron chi connectivity index (χ0n) is 16.2. The average molecular weight is 477 g/mol. The van der Waals surface area contributed by atoms with Gasteiger partial charge < -0.3 is 10.1 Å². The van der Waals surface area contributed by atoms with Gasteiger partial charge in [-0.25, -0.2) is 9.37 Å². The Morgan fingerprint density at radius 1 is 1.29 bits per heavy atom. The fraction of sp³-hybridized carbons (Fsp3) is 0.450. The first-order valence-corrected chi connectivity index (χ1v) is 10.6. The molecule has 166 valence electrons. The van der Waals surface area contributed by atoms with Gasteiger partial charge in [0.25, 0.3) is 5.91 Å². The summed E-state index contributed by atoms with van der Waals surface area (Å²) in [5.41, 5.74) is -1.96. The minimum absolute atomic E-state index is 0.00408. The standard InChI is InChI=1S/C20H17ClF4N2O3S/c1-10-26-17(20(23,24)25)16(31-10)14(28)5-18-7-19(8-18,9-18)27-15(29)6-30-11-2-3-12(21)13(22)4-11/h2-4H,5-9H2,1H3,(H,27,29). The minimum Gasteiger partial charge on any atom is -0.484 e. The number of ether oxygens (including phenoxy) is 1. The highest BCUT2D eigenvalue weighted by Gasteiger charge is 2.68. The summed E-state index contributed by atoms with van der Waals surface area (Å²) < 4.78 is 58.0. The topological polar surface area (TPSA) is 68.3 Å². The summed E-state index contributed by atoms with van der Waals surface area (Å²) in [6.07, 6.45) is -3.11. The Hall–Kier alpha value is -2.20. The van der Waals surface area contributed by atoms with E-state index in [1.807, 2.05) is 0 Å². The van der Waals surface area contributed by atoms with Crippen molar-refractivity contribution in [2.45, 2.75) is 44.3 Å². The van der Waals surface area contributed by atoms with Crippen LogP contribution in [0.2, 0.25) is 5.02 Å². The number of ketones is 1. The van der Waals surface area contributed by atoms with Crippen molar-refractivity contribution < 1.29 is 31.9 Å². The zero-order chi connectivity index (χ0) is 22.6. The number of thiazole rings is 1. The normalized spacial score (nSPS) is 24.2. The fourth-order valence-corrected chi connectivity index (χ4v) is 5.59. The Labute approximate surface area is 183 Å². The Morgan fingerprint density at radius 3 is 2.58 bits per heavy atom. The third kappa shape index (κ3) is 4.27. The smallest absolute Gasteiger partial charge is 0.434 e. The van der Waals surface area contributed by atoms with Gasteiger partial charge in [0.2, 0.25) is 0 Å². The highest BCUT2D eigenvalue weighted by Crippen LogP contribution is 2.69. The molecular formula is C20H17ClF4N2O3S. The van der Waals surface area contributed by atoms with Crippen molar-refractivity contribution in [3.63, 3.8) is 0 Å². The molecule has 1 amide bonds. The van der Waals surface area contributed by atoms with E-state index in [0.29, 0.717) is 19.3 Å². The largest absolute Gasteiger partial charge is 0.484 e. The Bertz CT molecular complexity index is 1050. The second-order valence-corrected chi connectivity index (χ2v) is 9.84. The maximum atomic E-state index is 13.4. The first-order chi connectivity index (χ1) is 14.4. The lowest BCUT2D eigenvalue weighted by molar-refractivity contribution is -0.164. The summed E-state index contributed by atoms with van der Waals surface area (Å²) in [6.45, 7) is 1.12. The predicted octanol–water partition coefficient (Wildman–Crippen LogP) is 4.95. The number of benzene rings is 1. The number of rotatable bonds is 7. The first kappa shape index (κ1) is 22.0. The maximum Gasteiger partial charge on any atom is 0.434 e. The predicted molar refractivity (Wildman–Crippen MR) is 105 cm³/mol. The maximum absolute atomic E-state index is 13.4.